The molecule has 0 radical (unpaired) electrons. The second-order valence-electron chi connectivity index (χ2n) is 5.00. The van der Waals surface area contributed by atoms with Gasteiger partial charge < -0.3 is 4.90 Å². The first-order valence-electron chi connectivity index (χ1n) is 6.64. The number of nitrogens with zero attached hydrogens (tertiary/aromatic N) is 2. The molecule has 3 nitrogen and oxygen atoms in total. The number of anilines is 1. The van der Waals surface area contributed by atoms with Gasteiger partial charge in [0.05, 0.1) is 11.4 Å². The Balaban J connectivity index is 2.17. The summed E-state index contributed by atoms with van der Waals surface area (Å²) in [6.45, 7) is 2.25. The standard InChI is InChI=1S/C17H16N2O/c1-12-7-9-13(10-8-12)17-14-5-3-4-6-15(14)19(2)16(20)11-18-17/h3-10H,11H2,1-2H3. The van der Waals surface area contributed by atoms with E-state index in [9.17, 15) is 4.79 Å². The molecule has 0 aromatic heterocycles. The summed E-state index contributed by atoms with van der Waals surface area (Å²) in [5, 5.41) is 0. The molecule has 20 heavy (non-hydrogen) atoms. The summed E-state index contributed by atoms with van der Waals surface area (Å²) in [6, 6.07) is 16.1. The fraction of sp³-hybridized carbons (Fsp3) is 0.176. The molecule has 0 saturated heterocycles. The van der Waals surface area contributed by atoms with Crippen molar-refractivity contribution in [2.45, 2.75) is 6.92 Å². The number of benzodiazepines with no additional fused rings is 1. The maximum atomic E-state index is 12.0. The molecular weight excluding hydrogens is 248 g/mol. The molecule has 0 saturated carbocycles. The monoisotopic (exact) mass is 264 g/mol. The van der Waals surface area contributed by atoms with Crippen LogP contribution in [0, 0.1) is 6.92 Å². The first kappa shape index (κ1) is 12.6. The zero-order valence-electron chi connectivity index (χ0n) is 11.6. The quantitative estimate of drug-likeness (QED) is 0.779. The highest BCUT2D eigenvalue weighted by Gasteiger charge is 2.21. The summed E-state index contributed by atoms with van der Waals surface area (Å²) >= 11 is 0. The highest BCUT2D eigenvalue weighted by Crippen LogP contribution is 2.25. The lowest BCUT2D eigenvalue weighted by atomic mass is 9.99. The molecule has 1 aliphatic heterocycles. The minimum Gasteiger partial charge on any atom is -0.313 e. The Labute approximate surface area is 118 Å². The van der Waals surface area contributed by atoms with Crippen molar-refractivity contribution in [2.24, 2.45) is 4.99 Å². The number of amides is 1. The normalized spacial score (nSPS) is 14.6. The zero-order valence-corrected chi connectivity index (χ0v) is 11.6. The number of aliphatic imine (C=N–C) groups is 1. The first-order chi connectivity index (χ1) is 9.66. The Kier molecular flexibility index (Phi) is 3.11. The minimum atomic E-state index is 0.0135. The Hall–Kier alpha value is -2.42. The van der Waals surface area contributed by atoms with Crippen LogP contribution in [0.15, 0.2) is 53.5 Å². The van der Waals surface area contributed by atoms with E-state index < -0.39 is 0 Å². The van der Waals surface area contributed by atoms with Crippen LogP contribution in [0.4, 0.5) is 5.69 Å². The van der Waals surface area contributed by atoms with Crippen molar-refractivity contribution in [2.75, 3.05) is 18.5 Å². The second kappa shape index (κ2) is 4.93. The average molecular weight is 264 g/mol. The molecule has 0 bridgehead atoms. The van der Waals surface area contributed by atoms with Crippen molar-refractivity contribution in [1.82, 2.24) is 0 Å². The zero-order chi connectivity index (χ0) is 14.1. The highest BCUT2D eigenvalue weighted by atomic mass is 16.2. The smallest absolute Gasteiger partial charge is 0.248 e. The van der Waals surface area contributed by atoms with E-state index >= 15 is 0 Å². The number of benzene rings is 2. The first-order valence-corrected chi connectivity index (χ1v) is 6.64. The van der Waals surface area contributed by atoms with Crippen LogP contribution in [0.5, 0.6) is 0 Å². The molecule has 0 unspecified atom stereocenters. The molecule has 3 heteroatoms. The molecule has 1 amide bonds. The maximum Gasteiger partial charge on any atom is 0.248 e. The van der Waals surface area contributed by atoms with Gasteiger partial charge in [0.1, 0.15) is 6.54 Å². The van der Waals surface area contributed by atoms with Crippen molar-refractivity contribution in [3.63, 3.8) is 0 Å². The van der Waals surface area contributed by atoms with E-state index in [-0.39, 0.29) is 12.5 Å². The number of aryl methyl sites for hydroxylation is 1. The lowest BCUT2D eigenvalue weighted by Gasteiger charge is -2.17. The van der Waals surface area contributed by atoms with Crippen LogP contribution < -0.4 is 4.90 Å². The van der Waals surface area contributed by atoms with Crippen LogP contribution in [0.1, 0.15) is 16.7 Å². The SMILES string of the molecule is Cc1ccc(C2=NCC(=O)N(C)c3ccccc32)cc1. The topological polar surface area (TPSA) is 32.7 Å². The van der Waals surface area contributed by atoms with Crippen LogP contribution in [-0.4, -0.2) is 25.2 Å². The van der Waals surface area contributed by atoms with Gasteiger partial charge in [0.25, 0.3) is 0 Å². The number of likely N-dealkylation sites (N-methyl/N-ethyl adjacent to an activating group) is 1. The number of carbonyl (C=O) groups excluding carboxylic acids is 1. The van der Waals surface area contributed by atoms with Gasteiger partial charge in [-0.2, -0.15) is 0 Å². The molecule has 3 rings (SSSR count). The van der Waals surface area contributed by atoms with E-state index in [0.29, 0.717) is 0 Å². The van der Waals surface area contributed by atoms with Gasteiger partial charge in [-0.3, -0.25) is 9.79 Å². The molecule has 100 valence electrons. The maximum absolute atomic E-state index is 12.0. The summed E-state index contributed by atoms with van der Waals surface area (Å²) in [7, 11) is 1.80. The van der Waals surface area contributed by atoms with Gasteiger partial charge in [-0.05, 0) is 13.0 Å². The van der Waals surface area contributed by atoms with Crippen molar-refractivity contribution >= 4 is 17.3 Å². The average Bonchev–Trinajstić information content (AvgIpc) is 2.60. The van der Waals surface area contributed by atoms with Gasteiger partial charge >= 0.3 is 0 Å². The van der Waals surface area contributed by atoms with Gasteiger partial charge in [-0.15, -0.1) is 0 Å². The highest BCUT2D eigenvalue weighted by molar-refractivity contribution is 6.19. The van der Waals surface area contributed by atoms with Gasteiger partial charge in [0, 0.05) is 18.2 Å². The van der Waals surface area contributed by atoms with E-state index in [4.69, 9.17) is 0 Å². The molecule has 0 aliphatic carbocycles. The number of hydrogen-bond acceptors (Lipinski definition) is 2. The largest absolute Gasteiger partial charge is 0.313 e. The summed E-state index contributed by atoms with van der Waals surface area (Å²) in [5.74, 6) is 0.0135. The summed E-state index contributed by atoms with van der Waals surface area (Å²) in [4.78, 5) is 18.2. The van der Waals surface area contributed by atoms with Crippen molar-refractivity contribution in [1.29, 1.82) is 0 Å². The molecule has 0 spiro atoms. The fourth-order valence-corrected chi connectivity index (χ4v) is 2.40. The van der Waals surface area contributed by atoms with Crippen molar-refractivity contribution in [3.8, 4) is 0 Å². The third-order valence-corrected chi connectivity index (χ3v) is 3.59. The Bertz CT molecular complexity index is 686. The summed E-state index contributed by atoms with van der Waals surface area (Å²) < 4.78 is 0. The van der Waals surface area contributed by atoms with E-state index in [1.54, 1.807) is 11.9 Å². The van der Waals surface area contributed by atoms with Crippen LogP contribution in [-0.2, 0) is 4.79 Å². The van der Waals surface area contributed by atoms with Gasteiger partial charge in [0.2, 0.25) is 5.91 Å². The third kappa shape index (κ3) is 2.11. The third-order valence-electron chi connectivity index (χ3n) is 3.59. The number of carbonyl (C=O) groups is 1. The summed E-state index contributed by atoms with van der Waals surface area (Å²) in [5.41, 5.74) is 5.06. The molecule has 1 heterocycles. The van der Waals surface area contributed by atoms with Crippen LogP contribution >= 0.6 is 0 Å². The predicted octanol–water partition coefficient (Wildman–Crippen LogP) is 2.81. The number of para-hydroxylation sites is 1. The van der Waals surface area contributed by atoms with E-state index in [1.807, 2.05) is 24.3 Å². The number of fused-ring (bicyclic) bond motifs is 1. The van der Waals surface area contributed by atoms with Gasteiger partial charge in [-0.25, -0.2) is 0 Å². The van der Waals surface area contributed by atoms with Crippen LogP contribution in [0.3, 0.4) is 0 Å². The Morgan fingerprint density at radius 1 is 1.05 bits per heavy atom. The number of hydrogen-bond donors (Lipinski definition) is 0. The van der Waals surface area contributed by atoms with E-state index in [2.05, 4.69) is 36.2 Å². The molecule has 0 N–H and O–H groups in total. The molecular formula is C17H16N2O. The molecule has 0 fully saturated rings. The Morgan fingerprint density at radius 3 is 2.50 bits per heavy atom. The van der Waals surface area contributed by atoms with E-state index in [0.717, 1.165) is 22.5 Å². The Morgan fingerprint density at radius 2 is 1.75 bits per heavy atom. The van der Waals surface area contributed by atoms with Gasteiger partial charge in [-0.1, -0.05) is 48.0 Å². The second-order valence-corrected chi connectivity index (χ2v) is 5.00. The molecule has 2 aromatic carbocycles. The lowest BCUT2D eigenvalue weighted by Crippen LogP contribution is -2.27. The molecule has 2 aromatic rings. The fourth-order valence-electron chi connectivity index (χ4n) is 2.40. The number of rotatable bonds is 1. The van der Waals surface area contributed by atoms with E-state index in [1.165, 1.54) is 5.56 Å². The van der Waals surface area contributed by atoms with Crippen LogP contribution in [0.25, 0.3) is 0 Å². The molecule has 1 aliphatic rings. The molecule has 0 atom stereocenters. The van der Waals surface area contributed by atoms with Gasteiger partial charge in [0.15, 0.2) is 0 Å². The van der Waals surface area contributed by atoms with Crippen molar-refractivity contribution < 1.29 is 4.79 Å². The predicted molar refractivity (Wildman–Crippen MR) is 81.5 cm³/mol. The van der Waals surface area contributed by atoms with Crippen LogP contribution in [0.2, 0.25) is 0 Å². The lowest BCUT2D eigenvalue weighted by molar-refractivity contribution is -0.116. The van der Waals surface area contributed by atoms with Crippen molar-refractivity contribution in [3.05, 3.63) is 65.2 Å². The summed E-state index contributed by atoms with van der Waals surface area (Å²) in [6.07, 6.45) is 0. The minimum absolute atomic E-state index is 0.0135.